The maximum atomic E-state index is 13.0. The minimum Gasteiger partial charge on any atom is -0.507 e. The van der Waals surface area contributed by atoms with Crippen LogP contribution in [0.2, 0.25) is 0 Å². The highest BCUT2D eigenvalue weighted by molar-refractivity contribution is 7.89. The predicted octanol–water partition coefficient (Wildman–Crippen LogP) is 2.92. The monoisotopic (exact) mass is 404 g/mol. The molecule has 1 fully saturated rings. The number of non-ortho nitro benzene ring substituents is 1. The Morgan fingerprint density at radius 3 is 2.54 bits per heavy atom. The van der Waals surface area contributed by atoms with Crippen molar-refractivity contribution in [2.24, 2.45) is 5.10 Å². The van der Waals surface area contributed by atoms with Crippen molar-refractivity contribution in [2.45, 2.75) is 24.2 Å². The second-order valence-corrected chi connectivity index (χ2v) is 8.24. The number of nitrogens with zero attached hydrogens (tertiary/aromatic N) is 3. The number of phenolic OH excluding ortho intramolecular Hbond substituents is 1. The molecule has 10 heteroatoms. The Balaban J connectivity index is 1.94. The number of sulfonamides is 1. The van der Waals surface area contributed by atoms with Gasteiger partial charge in [0.2, 0.25) is 10.0 Å². The summed E-state index contributed by atoms with van der Waals surface area (Å²) in [5.74, 6) is 0.0258. The molecule has 0 aromatic heterocycles. The van der Waals surface area contributed by atoms with E-state index in [1.807, 2.05) is 0 Å². The number of anilines is 1. The first-order valence-electron chi connectivity index (χ1n) is 8.75. The lowest BCUT2D eigenvalue weighted by Crippen LogP contribution is -2.35. The number of hydrogen-bond acceptors (Lipinski definition) is 7. The summed E-state index contributed by atoms with van der Waals surface area (Å²) in [6.45, 7) is 0.761. The summed E-state index contributed by atoms with van der Waals surface area (Å²) < 4.78 is 27.4. The molecule has 0 radical (unpaired) electrons. The first kappa shape index (κ1) is 19.8. The van der Waals surface area contributed by atoms with Crippen LogP contribution in [-0.2, 0) is 10.0 Å². The molecule has 0 saturated carbocycles. The van der Waals surface area contributed by atoms with E-state index in [0.29, 0.717) is 18.7 Å². The molecule has 3 rings (SSSR count). The van der Waals surface area contributed by atoms with E-state index in [-0.39, 0.29) is 22.0 Å². The maximum Gasteiger partial charge on any atom is 0.270 e. The van der Waals surface area contributed by atoms with Gasteiger partial charge in [0.15, 0.2) is 0 Å². The Kier molecular flexibility index (Phi) is 5.90. The number of benzene rings is 2. The van der Waals surface area contributed by atoms with E-state index < -0.39 is 14.9 Å². The lowest BCUT2D eigenvalue weighted by Gasteiger charge is -2.26. The second kappa shape index (κ2) is 8.36. The number of aromatic hydroxyl groups is 1. The second-order valence-electron chi connectivity index (χ2n) is 6.33. The zero-order valence-corrected chi connectivity index (χ0v) is 15.8. The number of piperidine rings is 1. The minimum atomic E-state index is -3.91. The summed E-state index contributed by atoms with van der Waals surface area (Å²) in [5.41, 5.74) is 2.89. The third kappa shape index (κ3) is 4.29. The summed E-state index contributed by atoms with van der Waals surface area (Å²) in [5, 5.41) is 24.9. The van der Waals surface area contributed by atoms with E-state index in [9.17, 15) is 23.6 Å². The standard InChI is InChI=1S/C18H20N4O5S/c23-17-7-3-2-6-14(17)13-19-20-16-9-8-15(22(24)25)12-18(16)28(26,27)21-10-4-1-5-11-21/h2-3,6-9,12-13,20,23H,1,4-5,10-11H2/b19-13-. The number of hydrazone groups is 1. The van der Waals surface area contributed by atoms with E-state index in [2.05, 4.69) is 10.5 Å². The van der Waals surface area contributed by atoms with Crippen molar-refractivity contribution < 1.29 is 18.4 Å². The normalized spacial score (nSPS) is 15.6. The number of nitrogens with one attached hydrogen (secondary N) is 1. The quantitative estimate of drug-likeness (QED) is 0.433. The van der Waals surface area contributed by atoms with Gasteiger partial charge in [-0.15, -0.1) is 0 Å². The van der Waals surface area contributed by atoms with Crippen LogP contribution < -0.4 is 5.43 Å². The van der Waals surface area contributed by atoms with Gasteiger partial charge >= 0.3 is 0 Å². The van der Waals surface area contributed by atoms with Gasteiger partial charge < -0.3 is 5.11 Å². The molecule has 0 amide bonds. The maximum absolute atomic E-state index is 13.0. The molecule has 1 aliphatic heterocycles. The molecule has 0 unspecified atom stereocenters. The van der Waals surface area contributed by atoms with Crippen molar-refractivity contribution in [3.63, 3.8) is 0 Å². The Hall–Kier alpha value is -2.98. The summed E-state index contributed by atoms with van der Waals surface area (Å²) in [6.07, 6.45) is 3.80. The number of rotatable bonds is 6. The number of nitro benzene ring substituents is 1. The number of phenols is 1. The lowest BCUT2D eigenvalue weighted by molar-refractivity contribution is -0.385. The molecule has 1 saturated heterocycles. The molecule has 9 nitrogen and oxygen atoms in total. The Labute approximate surface area is 162 Å². The van der Waals surface area contributed by atoms with Crippen LogP contribution in [0.25, 0.3) is 0 Å². The van der Waals surface area contributed by atoms with Crippen LogP contribution in [-0.4, -0.2) is 42.1 Å². The van der Waals surface area contributed by atoms with Crippen molar-refractivity contribution in [3.8, 4) is 5.75 Å². The zero-order valence-electron chi connectivity index (χ0n) is 15.0. The van der Waals surface area contributed by atoms with E-state index >= 15 is 0 Å². The average molecular weight is 404 g/mol. The number of hydrogen-bond donors (Lipinski definition) is 2. The molecule has 2 N–H and O–H groups in total. The Morgan fingerprint density at radius 1 is 1.14 bits per heavy atom. The van der Waals surface area contributed by atoms with Gasteiger partial charge in [-0.2, -0.15) is 9.41 Å². The third-order valence-electron chi connectivity index (χ3n) is 4.43. The van der Waals surface area contributed by atoms with E-state index in [4.69, 9.17) is 0 Å². The minimum absolute atomic E-state index is 0.0258. The molecule has 0 aliphatic carbocycles. The SMILES string of the molecule is O=[N+]([O-])c1ccc(N/N=C\c2ccccc2O)c(S(=O)(=O)N2CCCCC2)c1. The molecule has 148 valence electrons. The molecule has 2 aromatic carbocycles. The summed E-state index contributed by atoms with van der Waals surface area (Å²) >= 11 is 0. The van der Waals surface area contributed by atoms with Gasteiger partial charge in [-0.25, -0.2) is 8.42 Å². The topological polar surface area (TPSA) is 125 Å². The molecule has 0 bridgehead atoms. The first-order valence-corrected chi connectivity index (χ1v) is 10.2. The molecule has 1 heterocycles. The highest BCUT2D eigenvalue weighted by Crippen LogP contribution is 2.30. The van der Waals surface area contributed by atoms with Gasteiger partial charge in [0.1, 0.15) is 10.6 Å². The highest BCUT2D eigenvalue weighted by atomic mass is 32.2. The lowest BCUT2D eigenvalue weighted by atomic mass is 10.2. The van der Waals surface area contributed by atoms with Crippen LogP contribution in [0.1, 0.15) is 24.8 Å². The number of para-hydroxylation sites is 1. The van der Waals surface area contributed by atoms with Crippen molar-refractivity contribution in [1.82, 2.24) is 4.31 Å². The molecule has 1 aliphatic rings. The van der Waals surface area contributed by atoms with E-state index in [0.717, 1.165) is 25.3 Å². The van der Waals surface area contributed by atoms with Crippen LogP contribution in [0.15, 0.2) is 52.5 Å². The first-order chi connectivity index (χ1) is 13.4. The van der Waals surface area contributed by atoms with E-state index in [1.165, 1.54) is 28.7 Å². The van der Waals surface area contributed by atoms with Crippen LogP contribution in [0, 0.1) is 10.1 Å². The largest absolute Gasteiger partial charge is 0.507 e. The van der Waals surface area contributed by atoms with Gasteiger partial charge in [-0.1, -0.05) is 18.6 Å². The van der Waals surface area contributed by atoms with Crippen molar-refractivity contribution in [3.05, 3.63) is 58.1 Å². The van der Waals surface area contributed by atoms with Crippen molar-refractivity contribution >= 4 is 27.6 Å². The highest BCUT2D eigenvalue weighted by Gasteiger charge is 2.30. The predicted molar refractivity (Wildman–Crippen MR) is 105 cm³/mol. The third-order valence-corrected chi connectivity index (χ3v) is 6.37. The molecular formula is C18H20N4O5S. The average Bonchev–Trinajstić information content (AvgIpc) is 2.70. The number of nitro groups is 1. The smallest absolute Gasteiger partial charge is 0.270 e. The summed E-state index contributed by atoms with van der Waals surface area (Å²) in [6, 6.07) is 10.1. The fourth-order valence-electron chi connectivity index (χ4n) is 2.94. The molecule has 0 atom stereocenters. The van der Waals surface area contributed by atoms with Crippen LogP contribution in [0.4, 0.5) is 11.4 Å². The Morgan fingerprint density at radius 2 is 1.86 bits per heavy atom. The zero-order chi connectivity index (χ0) is 20.1. The van der Waals surface area contributed by atoms with Gasteiger partial charge in [-0.05, 0) is 31.0 Å². The summed E-state index contributed by atoms with van der Waals surface area (Å²) in [7, 11) is -3.91. The van der Waals surface area contributed by atoms with Gasteiger partial charge in [0.25, 0.3) is 5.69 Å². The van der Waals surface area contributed by atoms with Crippen molar-refractivity contribution in [1.29, 1.82) is 0 Å². The molecule has 2 aromatic rings. The van der Waals surface area contributed by atoms with Crippen molar-refractivity contribution in [2.75, 3.05) is 18.5 Å². The molecule has 28 heavy (non-hydrogen) atoms. The van der Waals surface area contributed by atoms with Gasteiger partial charge in [0.05, 0.1) is 16.8 Å². The van der Waals surface area contributed by atoms with Gasteiger partial charge in [0, 0.05) is 30.8 Å². The fourth-order valence-corrected chi connectivity index (χ4v) is 4.62. The van der Waals surface area contributed by atoms with Crippen LogP contribution >= 0.6 is 0 Å². The van der Waals surface area contributed by atoms with Crippen LogP contribution in [0.5, 0.6) is 5.75 Å². The van der Waals surface area contributed by atoms with Gasteiger partial charge in [-0.3, -0.25) is 15.5 Å². The molecule has 0 spiro atoms. The molecular weight excluding hydrogens is 384 g/mol. The fraction of sp³-hybridized carbons (Fsp3) is 0.278. The summed E-state index contributed by atoms with van der Waals surface area (Å²) in [4.78, 5) is 10.3. The van der Waals surface area contributed by atoms with E-state index in [1.54, 1.807) is 18.2 Å². The van der Waals surface area contributed by atoms with Crippen LogP contribution in [0.3, 0.4) is 0 Å². The Bertz CT molecular complexity index is 1000.